The number of hydrogen-bond donors (Lipinski definition) is 1. The van der Waals surface area contributed by atoms with Gasteiger partial charge in [0.2, 0.25) is 5.91 Å². The number of hydrogen-bond acceptors (Lipinski definition) is 4. The molecule has 4 rings (SSSR count). The summed E-state index contributed by atoms with van der Waals surface area (Å²) in [5.74, 6) is 0.947. The van der Waals surface area contributed by atoms with Gasteiger partial charge in [0.15, 0.2) is 0 Å². The van der Waals surface area contributed by atoms with Crippen molar-refractivity contribution in [3.8, 4) is 0 Å². The Morgan fingerprint density at radius 3 is 2.62 bits per heavy atom. The molecule has 0 unspecified atom stereocenters. The van der Waals surface area contributed by atoms with Gasteiger partial charge >= 0.3 is 0 Å². The van der Waals surface area contributed by atoms with E-state index < -0.39 is 0 Å². The smallest absolute Gasteiger partial charge is 0.253 e. The number of piperazine rings is 1. The van der Waals surface area contributed by atoms with Crippen LogP contribution in [-0.2, 0) is 11.2 Å². The van der Waals surface area contributed by atoms with Crippen molar-refractivity contribution < 1.29 is 9.59 Å². The molecule has 7 heteroatoms. The summed E-state index contributed by atoms with van der Waals surface area (Å²) in [5, 5.41) is 3.46. The maximum absolute atomic E-state index is 12.8. The zero-order chi connectivity index (χ0) is 18.1. The number of fused-ring (bicyclic) bond motifs is 1. The summed E-state index contributed by atoms with van der Waals surface area (Å²) in [6.07, 6.45) is 2.79. The van der Waals surface area contributed by atoms with Crippen molar-refractivity contribution in [3.05, 3.63) is 52.7 Å². The minimum Gasteiger partial charge on any atom is -0.353 e. The van der Waals surface area contributed by atoms with Gasteiger partial charge in [-0.3, -0.25) is 9.59 Å². The highest BCUT2D eigenvalue weighted by molar-refractivity contribution is 6.30. The van der Waals surface area contributed by atoms with Gasteiger partial charge in [0.25, 0.3) is 5.91 Å². The van der Waals surface area contributed by atoms with E-state index in [1.54, 1.807) is 12.3 Å². The van der Waals surface area contributed by atoms with Crippen molar-refractivity contribution in [1.82, 2.24) is 9.88 Å². The third-order valence-electron chi connectivity index (χ3n) is 4.85. The van der Waals surface area contributed by atoms with Crippen molar-refractivity contribution in [3.63, 3.8) is 0 Å². The van der Waals surface area contributed by atoms with E-state index in [1.165, 1.54) is 0 Å². The van der Waals surface area contributed by atoms with Crippen LogP contribution in [0.15, 0.2) is 36.5 Å². The monoisotopic (exact) mass is 370 g/mol. The second-order valence-electron chi connectivity index (χ2n) is 6.53. The van der Waals surface area contributed by atoms with E-state index in [4.69, 9.17) is 11.6 Å². The fraction of sp³-hybridized carbons (Fsp3) is 0.316. The fourth-order valence-corrected chi connectivity index (χ4v) is 3.50. The molecule has 2 aliphatic rings. The molecule has 3 heterocycles. The number of rotatable bonds is 2. The summed E-state index contributed by atoms with van der Waals surface area (Å²) >= 11 is 5.88. The summed E-state index contributed by atoms with van der Waals surface area (Å²) in [6.45, 7) is 2.77. The number of carbonyl (C=O) groups excluding carboxylic acids is 2. The number of anilines is 2. The van der Waals surface area contributed by atoms with Crippen molar-refractivity contribution in [2.75, 3.05) is 36.4 Å². The molecule has 0 atom stereocenters. The molecule has 2 amide bonds. The molecule has 1 aromatic carbocycles. The number of halogens is 1. The zero-order valence-corrected chi connectivity index (χ0v) is 15.0. The lowest BCUT2D eigenvalue weighted by Crippen LogP contribution is -2.49. The van der Waals surface area contributed by atoms with Gasteiger partial charge in [-0.1, -0.05) is 11.6 Å². The quantitative estimate of drug-likeness (QED) is 0.882. The lowest BCUT2D eigenvalue weighted by atomic mass is 10.00. The Hall–Kier alpha value is -2.60. The first-order valence-corrected chi connectivity index (χ1v) is 9.06. The minimum absolute atomic E-state index is 0.0310. The van der Waals surface area contributed by atoms with Crippen LogP contribution in [0.3, 0.4) is 0 Å². The van der Waals surface area contributed by atoms with Gasteiger partial charge in [0.05, 0.1) is 5.02 Å². The van der Waals surface area contributed by atoms with E-state index >= 15 is 0 Å². The third kappa shape index (κ3) is 3.37. The third-order valence-corrected chi connectivity index (χ3v) is 5.07. The molecule has 2 aromatic rings. The summed E-state index contributed by atoms with van der Waals surface area (Å²) in [6, 6.07) is 9.25. The lowest BCUT2D eigenvalue weighted by molar-refractivity contribution is -0.116. The van der Waals surface area contributed by atoms with Crippen LogP contribution in [-0.4, -0.2) is 47.9 Å². The average Bonchev–Trinajstić information content (AvgIpc) is 2.68. The van der Waals surface area contributed by atoms with Crippen LogP contribution in [0.2, 0.25) is 5.02 Å². The second-order valence-corrected chi connectivity index (χ2v) is 6.97. The SMILES string of the molecule is O=C1CCc2cc(C(=O)N3CCN(c4ccc(Cl)cn4)CC3)ccc2N1. The van der Waals surface area contributed by atoms with Crippen molar-refractivity contribution in [2.24, 2.45) is 0 Å². The van der Waals surface area contributed by atoms with Gasteiger partial charge in [-0.15, -0.1) is 0 Å². The topological polar surface area (TPSA) is 65.5 Å². The van der Waals surface area contributed by atoms with Crippen LogP contribution in [0.4, 0.5) is 11.5 Å². The molecule has 26 heavy (non-hydrogen) atoms. The Bertz CT molecular complexity index is 845. The van der Waals surface area contributed by atoms with Crippen molar-refractivity contribution in [1.29, 1.82) is 0 Å². The molecule has 1 N–H and O–H groups in total. The first-order chi connectivity index (χ1) is 12.6. The normalized spacial score (nSPS) is 16.9. The van der Waals surface area contributed by atoms with E-state index in [9.17, 15) is 9.59 Å². The maximum Gasteiger partial charge on any atom is 0.253 e. The molecular formula is C19H19ClN4O2. The lowest BCUT2D eigenvalue weighted by Gasteiger charge is -2.35. The maximum atomic E-state index is 12.8. The standard InChI is InChI=1S/C19H19ClN4O2/c20-15-3-5-17(21-12-15)23-7-9-24(10-8-23)19(26)14-1-4-16-13(11-14)2-6-18(25)22-16/h1,3-5,11-12H,2,6-10H2,(H,22,25). The number of nitrogens with zero attached hydrogens (tertiary/aromatic N) is 3. The highest BCUT2D eigenvalue weighted by atomic mass is 35.5. The van der Waals surface area contributed by atoms with E-state index in [1.807, 2.05) is 29.2 Å². The Labute approximate surface area is 156 Å². The van der Waals surface area contributed by atoms with E-state index in [0.29, 0.717) is 36.5 Å². The van der Waals surface area contributed by atoms with Gasteiger partial charge < -0.3 is 15.1 Å². The van der Waals surface area contributed by atoms with Gasteiger partial charge in [-0.2, -0.15) is 0 Å². The molecule has 0 aliphatic carbocycles. The number of aromatic nitrogens is 1. The number of pyridine rings is 1. The molecule has 1 aromatic heterocycles. The van der Waals surface area contributed by atoms with Gasteiger partial charge in [-0.25, -0.2) is 4.98 Å². The molecule has 1 fully saturated rings. The fourth-order valence-electron chi connectivity index (χ4n) is 3.39. The van der Waals surface area contributed by atoms with Crippen LogP contribution >= 0.6 is 11.6 Å². The molecular weight excluding hydrogens is 352 g/mol. The number of nitrogens with one attached hydrogen (secondary N) is 1. The molecule has 0 spiro atoms. The van der Waals surface area contributed by atoms with Crippen molar-refractivity contribution in [2.45, 2.75) is 12.8 Å². The predicted molar refractivity (Wildman–Crippen MR) is 101 cm³/mol. The number of benzene rings is 1. The molecule has 0 bridgehead atoms. The van der Waals surface area contributed by atoms with Gasteiger partial charge in [0.1, 0.15) is 5.82 Å². The van der Waals surface area contributed by atoms with E-state index in [0.717, 1.165) is 30.2 Å². The largest absolute Gasteiger partial charge is 0.353 e. The molecule has 1 saturated heterocycles. The Kier molecular flexibility index (Phi) is 4.51. The van der Waals surface area contributed by atoms with E-state index in [2.05, 4.69) is 15.2 Å². The summed E-state index contributed by atoms with van der Waals surface area (Å²) in [5.41, 5.74) is 2.52. The zero-order valence-electron chi connectivity index (χ0n) is 14.2. The highest BCUT2D eigenvalue weighted by Crippen LogP contribution is 2.24. The van der Waals surface area contributed by atoms with Crippen LogP contribution in [0.5, 0.6) is 0 Å². The second kappa shape index (κ2) is 6.96. The van der Waals surface area contributed by atoms with Gasteiger partial charge in [-0.05, 0) is 42.3 Å². The highest BCUT2D eigenvalue weighted by Gasteiger charge is 2.24. The summed E-state index contributed by atoms with van der Waals surface area (Å²) in [4.78, 5) is 32.6. The summed E-state index contributed by atoms with van der Waals surface area (Å²) < 4.78 is 0. The number of amides is 2. The molecule has 0 radical (unpaired) electrons. The Morgan fingerprint density at radius 2 is 1.88 bits per heavy atom. The van der Waals surface area contributed by atoms with Gasteiger partial charge in [0, 0.05) is 50.0 Å². The number of aryl methyl sites for hydroxylation is 1. The first kappa shape index (κ1) is 16.8. The van der Waals surface area contributed by atoms with Crippen molar-refractivity contribution >= 4 is 34.9 Å². The molecule has 134 valence electrons. The van der Waals surface area contributed by atoms with Crippen LogP contribution < -0.4 is 10.2 Å². The molecule has 0 saturated carbocycles. The van der Waals surface area contributed by atoms with E-state index in [-0.39, 0.29) is 11.8 Å². The Morgan fingerprint density at radius 1 is 1.08 bits per heavy atom. The Balaban J connectivity index is 1.42. The molecule has 2 aliphatic heterocycles. The van der Waals surface area contributed by atoms with Crippen LogP contribution in [0, 0.1) is 0 Å². The summed E-state index contributed by atoms with van der Waals surface area (Å²) in [7, 11) is 0. The van der Waals surface area contributed by atoms with Crippen LogP contribution in [0.1, 0.15) is 22.3 Å². The average molecular weight is 371 g/mol. The first-order valence-electron chi connectivity index (χ1n) is 8.69. The minimum atomic E-state index is 0.0310. The molecule has 6 nitrogen and oxygen atoms in total. The van der Waals surface area contributed by atoms with Crippen LogP contribution in [0.25, 0.3) is 0 Å². The predicted octanol–water partition coefficient (Wildman–Crippen LogP) is 2.58. The number of carbonyl (C=O) groups is 2.